The maximum atomic E-state index is 5.44. The summed E-state index contributed by atoms with van der Waals surface area (Å²) in [5, 5.41) is 7.90. The van der Waals surface area contributed by atoms with Crippen molar-refractivity contribution in [1.82, 2.24) is 15.0 Å². The van der Waals surface area contributed by atoms with E-state index in [1.165, 1.54) is 542 Å². The number of thioether (sulfide) groups is 6. The Balaban J connectivity index is 1.70. The summed E-state index contributed by atoms with van der Waals surface area (Å²) in [5.74, 6) is 8.82. The number of nitrogens with zero attached hydrogens (tertiary/aromatic N) is 3. The van der Waals surface area contributed by atoms with Gasteiger partial charge < -0.3 is 10.6 Å². The molecule has 11 heteroatoms. The maximum Gasteiger partial charge on any atom is 0.232 e. The lowest BCUT2D eigenvalue weighted by atomic mass is 10.1. The van der Waals surface area contributed by atoms with Gasteiger partial charge in [0, 0.05) is 46.3 Å². The molecule has 0 aliphatic carbocycles. The summed E-state index contributed by atoms with van der Waals surface area (Å²) in [6.45, 7) is 18.3. The monoisotopic (exact) mass is 1810 g/mol. The van der Waals surface area contributed by atoms with E-state index in [1.54, 1.807) is 0 Å². The molecule has 0 fully saturated rings. The van der Waals surface area contributed by atoms with Crippen LogP contribution in [-0.2, 0) is 0 Å². The molecule has 0 amide bonds. The van der Waals surface area contributed by atoms with Crippen LogP contribution in [0.3, 0.4) is 0 Å². The molecule has 0 unspecified atom stereocenters. The molecule has 0 saturated carbocycles. The molecule has 5 nitrogen and oxygen atoms in total. The van der Waals surface area contributed by atoms with Gasteiger partial charge in [-0.25, -0.2) is 0 Å². The van der Waals surface area contributed by atoms with E-state index in [9.17, 15) is 0 Å². The van der Waals surface area contributed by atoms with Gasteiger partial charge in [-0.2, -0.15) is 15.0 Å². The zero-order valence-corrected chi connectivity index (χ0v) is 86.9. The highest BCUT2D eigenvalue weighted by Gasteiger charge is 2.20. The Bertz CT molecular complexity index is 2650. The first kappa shape index (κ1) is 114. The van der Waals surface area contributed by atoms with Gasteiger partial charge in [-0.3, -0.25) is 0 Å². The number of aromatic nitrogens is 3. The summed E-state index contributed by atoms with van der Waals surface area (Å²) >= 11 is 12.8. The Hall–Kier alpha value is -1.63. The second-order valence-electron chi connectivity index (χ2n) is 37.4. The summed E-state index contributed by atoms with van der Waals surface area (Å²) in [6.07, 6.45) is 108. The molecule has 4 aromatic rings. The third-order valence-corrected chi connectivity index (χ3v) is 32.9. The highest BCUT2D eigenvalue weighted by Crippen LogP contribution is 2.45. The molecule has 4 rings (SSSR count). The first-order chi connectivity index (χ1) is 60.9. The predicted molar refractivity (Wildman–Crippen MR) is 568 cm³/mol. The van der Waals surface area contributed by atoms with Crippen LogP contribution in [0.4, 0.5) is 23.3 Å². The Labute approximate surface area is 791 Å². The zero-order valence-electron chi connectivity index (χ0n) is 82.0. The van der Waals surface area contributed by atoms with Crippen molar-refractivity contribution in [3.63, 3.8) is 0 Å². The van der Waals surface area contributed by atoms with E-state index in [4.69, 9.17) is 15.0 Å². The molecular weight excluding hydrogens is 1610 g/mol. The highest BCUT2D eigenvalue weighted by molar-refractivity contribution is 8.04. The molecule has 707 valence electrons. The second kappa shape index (κ2) is 87.0. The maximum absolute atomic E-state index is 5.44. The standard InChI is InChI=1S/C112H198N5S6/c1-8-14-20-26-32-38-44-50-56-62-68-74-80-90-118-104-96-102(97-105(119-91-81-75-69-63-57-51-45-39-33-27-21-15-9-2)108(104)122-94-84-78-72-66-60-54-48-42-36-30-24-18-12-5)113-111-115-110(101-88-86-100(7)87-89-101)116-112(117-111)114-103-98-106(120-92-82-76-70-64-58-52-46-40-34-28-22-16-10-3)109(123-95-85-79-73-67-61-55-49-43-37-31-25-19-13-6)107(99-103)121-93-83-77-71-65-59-53-47-41-35-29-23-17-11-4/h86-89,96-99H,7-85,90-95H2,1-6H3,(H2,113,114,115,116,117). The number of benzene rings is 3. The van der Waals surface area contributed by atoms with E-state index in [0.717, 1.165) is 45.5 Å². The first-order valence-corrected chi connectivity index (χ1v) is 60.2. The van der Waals surface area contributed by atoms with Crippen molar-refractivity contribution in [1.29, 1.82) is 0 Å². The lowest BCUT2D eigenvalue weighted by molar-refractivity contribution is 0.543. The quantitative estimate of drug-likeness (QED) is 0.0328. The van der Waals surface area contributed by atoms with Crippen LogP contribution in [0.2, 0.25) is 0 Å². The minimum absolute atomic E-state index is 0.590. The molecule has 0 atom stereocenters. The first-order valence-electron chi connectivity index (χ1n) is 54.3. The van der Waals surface area contributed by atoms with Gasteiger partial charge in [0.2, 0.25) is 11.9 Å². The Morgan fingerprint density at radius 2 is 0.366 bits per heavy atom. The van der Waals surface area contributed by atoms with E-state index >= 15 is 0 Å². The van der Waals surface area contributed by atoms with Crippen LogP contribution in [0.15, 0.2) is 77.9 Å². The van der Waals surface area contributed by atoms with E-state index in [0.29, 0.717) is 17.7 Å². The molecule has 2 N–H and O–H groups in total. The van der Waals surface area contributed by atoms with Crippen molar-refractivity contribution < 1.29 is 0 Å². The SMILES string of the molecule is [CH2]c1ccc(-c2nc(Nc3cc(SCCCCCCCCCCCCCCC)c(SCCCCCCCCCCCCCCC)c(SCCCCCCCCCCCCCCC)c3)nc(Nc3cc(SCCCCCCCCCCCCCCC)c(SCCCCCCCCCCCCCCC)c(SCCCCCCCCCCCCCCC)c3)n2)cc1. The molecule has 0 spiro atoms. The van der Waals surface area contributed by atoms with Crippen LogP contribution in [-0.4, -0.2) is 49.5 Å². The van der Waals surface area contributed by atoms with Crippen LogP contribution in [0, 0.1) is 6.92 Å². The van der Waals surface area contributed by atoms with Crippen molar-refractivity contribution in [3.8, 4) is 11.4 Å². The molecule has 0 saturated heterocycles. The normalized spacial score (nSPS) is 11.7. The average Bonchev–Trinajstić information content (AvgIpc) is 0.806. The van der Waals surface area contributed by atoms with Crippen LogP contribution < -0.4 is 10.6 Å². The number of unbranched alkanes of at least 4 members (excludes halogenated alkanes) is 72. The molecule has 0 bridgehead atoms. The summed E-state index contributed by atoms with van der Waals surface area (Å²) in [5.41, 5.74) is 4.13. The smallest absolute Gasteiger partial charge is 0.232 e. The summed E-state index contributed by atoms with van der Waals surface area (Å²) in [4.78, 5) is 25.0. The largest absolute Gasteiger partial charge is 0.324 e. The van der Waals surface area contributed by atoms with E-state index in [1.807, 2.05) is 0 Å². The minimum Gasteiger partial charge on any atom is -0.324 e. The van der Waals surface area contributed by atoms with E-state index < -0.39 is 0 Å². The third-order valence-electron chi connectivity index (χ3n) is 25.4. The fourth-order valence-corrected chi connectivity index (χ4v) is 24.9. The van der Waals surface area contributed by atoms with Gasteiger partial charge in [0.1, 0.15) is 0 Å². The third kappa shape index (κ3) is 65.6. The number of nitrogens with one attached hydrogen (secondary N) is 2. The fraction of sp³-hybridized carbons (Fsp3) is 0.804. The fourth-order valence-electron chi connectivity index (χ4n) is 17.3. The molecule has 3 aromatic carbocycles. The van der Waals surface area contributed by atoms with Crippen molar-refractivity contribution >= 4 is 93.8 Å². The van der Waals surface area contributed by atoms with Gasteiger partial charge >= 0.3 is 0 Å². The van der Waals surface area contributed by atoms with Gasteiger partial charge in [-0.1, -0.05) is 528 Å². The molecule has 1 aromatic heterocycles. The number of rotatable bonds is 95. The molecular formula is C112H198N5S6. The van der Waals surface area contributed by atoms with Gasteiger partial charge in [0.25, 0.3) is 0 Å². The summed E-state index contributed by atoms with van der Waals surface area (Å²) in [7, 11) is 0. The second-order valence-corrected chi connectivity index (χ2v) is 44.2. The van der Waals surface area contributed by atoms with E-state index in [2.05, 4.69) is 178 Å². The minimum atomic E-state index is 0.590. The topological polar surface area (TPSA) is 62.7 Å². The van der Waals surface area contributed by atoms with Gasteiger partial charge in [0.15, 0.2) is 5.82 Å². The van der Waals surface area contributed by atoms with Crippen molar-refractivity contribution in [2.24, 2.45) is 0 Å². The van der Waals surface area contributed by atoms with Crippen molar-refractivity contribution in [2.75, 3.05) is 45.2 Å². The lowest BCUT2D eigenvalue weighted by Crippen LogP contribution is -2.06. The van der Waals surface area contributed by atoms with Gasteiger partial charge in [-0.15, -0.1) is 70.6 Å². The predicted octanol–water partition coefficient (Wildman–Crippen LogP) is 42.3. The van der Waals surface area contributed by atoms with Crippen molar-refractivity contribution in [2.45, 2.75) is 572 Å². The number of hydrogen-bond acceptors (Lipinski definition) is 11. The van der Waals surface area contributed by atoms with Crippen LogP contribution in [0.5, 0.6) is 0 Å². The van der Waals surface area contributed by atoms with Crippen LogP contribution in [0.25, 0.3) is 11.4 Å². The van der Waals surface area contributed by atoms with Crippen LogP contribution in [0.1, 0.15) is 548 Å². The average molecular weight is 1810 g/mol. The Morgan fingerprint density at radius 3 is 0.545 bits per heavy atom. The lowest BCUT2D eigenvalue weighted by Gasteiger charge is -2.19. The molecule has 1 heterocycles. The number of anilines is 4. The summed E-state index contributed by atoms with van der Waals surface area (Å²) < 4.78 is 0. The van der Waals surface area contributed by atoms with Crippen LogP contribution >= 0.6 is 70.6 Å². The Morgan fingerprint density at radius 1 is 0.203 bits per heavy atom. The number of hydrogen-bond donors (Lipinski definition) is 2. The van der Waals surface area contributed by atoms with Gasteiger partial charge in [0.05, 0.1) is 0 Å². The highest BCUT2D eigenvalue weighted by atomic mass is 32.2. The van der Waals surface area contributed by atoms with Crippen molar-refractivity contribution in [3.05, 3.63) is 61.0 Å². The molecule has 1 radical (unpaired) electrons. The molecule has 123 heavy (non-hydrogen) atoms. The Kier molecular flexibility index (Phi) is 80.5. The van der Waals surface area contributed by atoms with Gasteiger partial charge in [-0.05, 0) is 110 Å². The summed E-state index contributed by atoms with van der Waals surface area (Å²) in [6, 6.07) is 18.4. The van der Waals surface area contributed by atoms with E-state index in [-0.39, 0.29) is 0 Å². The zero-order chi connectivity index (χ0) is 87.3. The molecule has 0 aliphatic heterocycles. The molecule has 0 aliphatic rings.